The number of fused-ring (bicyclic) bond motifs is 4. The molecule has 3 saturated carbocycles. The number of phenolic OH excluding ortho intramolecular Hbond substituents is 1. The van der Waals surface area contributed by atoms with Gasteiger partial charge in [0.1, 0.15) is 0 Å². The van der Waals surface area contributed by atoms with E-state index < -0.39 is 29.6 Å². The minimum atomic E-state index is -0.636. The number of benzene rings is 1. The van der Waals surface area contributed by atoms with E-state index >= 15 is 0 Å². The summed E-state index contributed by atoms with van der Waals surface area (Å²) in [5, 5.41) is 11.3. The fourth-order valence-corrected chi connectivity index (χ4v) is 9.34. The van der Waals surface area contributed by atoms with E-state index in [0.29, 0.717) is 24.2 Å². The lowest BCUT2D eigenvalue weighted by molar-refractivity contribution is -0.145. The normalized spacial score (nSPS) is 34.4. The number of hydrogen-bond acceptors (Lipinski definition) is 6. The average molecular weight is 561 g/mol. The van der Waals surface area contributed by atoms with E-state index in [1.54, 1.807) is 21.9 Å². The monoisotopic (exact) mass is 560 g/mol. The van der Waals surface area contributed by atoms with Gasteiger partial charge in [0.25, 0.3) is 0 Å². The largest absolute Gasteiger partial charge is 0.504 e. The first-order chi connectivity index (χ1) is 19.9. The van der Waals surface area contributed by atoms with Crippen molar-refractivity contribution in [3.05, 3.63) is 35.4 Å². The lowest BCUT2D eigenvalue weighted by Crippen LogP contribution is -2.44. The summed E-state index contributed by atoms with van der Waals surface area (Å²) < 4.78 is 5.43. The van der Waals surface area contributed by atoms with Crippen LogP contribution in [0.1, 0.15) is 88.5 Å². The third-order valence-corrected chi connectivity index (χ3v) is 11.2. The Balaban J connectivity index is 1.31. The van der Waals surface area contributed by atoms with Crippen molar-refractivity contribution in [2.75, 3.05) is 7.11 Å². The molecule has 0 radical (unpaired) electrons. The highest BCUT2D eigenvalue weighted by atomic mass is 16.5. The number of carbonyl (C=O) groups excluding carboxylic acids is 4. The van der Waals surface area contributed by atoms with Crippen LogP contribution < -0.4 is 4.74 Å². The van der Waals surface area contributed by atoms with Gasteiger partial charge < -0.3 is 9.84 Å². The molecule has 8 nitrogen and oxygen atoms in total. The molecular formula is C33H40N2O6. The third-order valence-electron chi connectivity index (χ3n) is 11.2. The summed E-state index contributed by atoms with van der Waals surface area (Å²) in [5.74, 6) is -3.20. The molecule has 1 aromatic rings. The maximum atomic E-state index is 14.2. The van der Waals surface area contributed by atoms with Gasteiger partial charge in [0.05, 0.1) is 30.8 Å². The summed E-state index contributed by atoms with van der Waals surface area (Å²) >= 11 is 0. The van der Waals surface area contributed by atoms with Crippen LogP contribution in [0.3, 0.4) is 0 Å². The summed E-state index contributed by atoms with van der Waals surface area (Å²) in [6.07, 6.45) is 12.6. The molecular weight excluding hydrogens is 520 g/mol. The van der Waals surface area contributed by atoms with Crippen molar-refractivity contribution in [2.45, 2.75) is 95.1 Å². The second-order valence-electron chi connectivity index (χ2n) is 13.1. The summed E-state index contributed by atoms with van der Waals surface area (Å²) in [6, 6.07) is 5.16. The van der Waals surface area contributed by atoms with Crippen LogP contribution in [-0.4, -0.2) is 57.7 Å². The standard InChI is InChI=1S/C33H40N2O6/c1-41-25-14-8-13-21(29(25)36)26-20-15-16-22-27(32(39)34(30(22)37)18-9-4-2-5-10-18)23(20)17-24-28(26)33(40)35(31(24)38)19-11-6-3-7-12-19/h8,13-15,18-19,22-24,26-28,36H,2-7,9-12,16-17H2,1H3/t22-,23+,24+,26+,27-,28+/m0/s1. The number of amides is 4. The van der Waals surface area contributed by atoms with E-state index in [0.717, 1.165) is 69.8 Å². The first-order valence-corrected chi connectivity index (χ1v) is 15.7. The molecule has 6 atom stereocenters. The number of likely N-dealkylation sites (tertiary alicyclic amines) is 2. The molecule has 0 aromatic heterocycles. The highest BCUT2D eigenvalue weighted by molar-refractivity contribution is 6.08. The van der Waals surface area contributed by atoms with E-state index in [-0.39, 0.29) is 47.4 Å². The van der Waals surface area contributed by atoms with Gasteiger partial charge in [-0.3, -0.25) is 29.0 Å². The quantitative estimate of drug-likeness (QED) is 0.423. The van der Waals surface area contributed by atoms with Gasteiger partial charge >= 0.3 is 0 Å². The molecule has 0 bridgehead atoms. The molecule has 218 valence electrons. The van der Waals surface area contributed by atoms with Crippen molar-refractivity contribution in [2.24, 2.45) is 29.6 Å². The van der Waals surface area contributed by atoms with Gasteiger partial charge in [-0.05, 0) is 50.5 Å². The lowest BCUT2D eigenvalue weighted by atomic mass is 9.57. The Morgan fingerprint density at radius 3 is 1.93 bits per heavy atom. The van der Waals surface area contributed by atoms with Gasteiger partial charge in [-0.2, -0.15) is 0 Å². The summed E-state index contributed by atoms with van der Waals surface area (Å²) in [4.78, 5) is 59.2. The van der Waals surface area contributed by atoms with Crippen LogP contribution in [0, 0.1) is 29.6 Å². The topological polar surface area (TPSA) is 104 Å². The molecule has 1 aromatic carbocycles. The fraction of sp³-hybridized carbons (Fsp3) is 0.636. The molecule has 6 aliphatic rings. The summed E-state index contributed by atoms with van der Waals surface area (Å²) in [5.41, 5.74) is 1.48. The Kier molecular flexibility index (Phi) is 6.70. The van der Waals surface area contributed by atoms with Gasteiger partial charge in [0, 0.05) is 23.6 Å². The van der Waals surface area contributed by atoms with Crippen molar-refractivity contribution >= 4 is 23.6 Å². The number of imide groups is 2. The molecule has 1 N–H and O–H groups in total. The van der Waals surface area contributed by atoms with E-state index in [1.165, 1.54) is 7.11 Å². The van der Waals surface area contributed by atoms with Gasteiger partial charge in [-0.25, -0.2) is 0 Å². The average Bonchev–Trinajstić information content (AvgIpc) is 3.41. The highest BCUT2D eigenvalue weighted by Gasteiger charge is 2.63. The maximum Gasteiger partial charge on any atom is 0.234 e. The van der Waals surface area contributed by atoms with Gasteiger partial charge in [-0.1, -0.05) is 62.3 Å². The smallest absolute Gasteiger partial charge is 0.234 e. The number of aromatic hydroxyl groups is 1. The molecule has 8 heteroatoms. The second kappa shape index (κ2) is 10.3. The van der Waals surface area contributed by atoms with Gasteiger partial charge in [0.2, 0.25) is 23.6 Å². The molecule has 5 fully saturated rings. The zero-order valence-corrected chi connectivity index (χ0v) is 23.8. The van der Waals surface area contributed by atoms with E-state index in [9.17, 15) is 24.3 Å². The van der Waals surface area contributed by atoms with Crippen molar-refractivity contribution in [1.29, 1.82) is 0 Å². The molecule has 7 rings (SSSR count). The SMILES string of the molecule is COc1cccc([C@H]2C3=CC[C@@H]4C(=O)N(C5CCCCC5)C(=O)[C@@H]4[C@@H]3C[C@H]3C(=O)N(C4CCCCC4)C(=O)[C@@H]23)c1O. The number of rotatable bonds is 4. The number of nitrogens with zero attached hydrogens (tertiary/aromatic N) is 2. The van der Waals surface area contributed by atoms with Crippen LogP contribution in [0.25, 0.3) is 0 Å². The number of phenols is 1. The first kappa shape index (κ1) is 26.7. The molecule has 0 unspecified atom stereocenters. The Morgan fingerprint density at radius 2 is 1.32 bits per heavy atom. The van der Waals surface area contributed by atoms with E-state index in [2.05, 4.69) is 6.08 Å². The minimum absolute atomic E-state index is 0.0311. The Bertz CT molecular complexity index is 1310. The van der Waals surface area contributed by atoms with Crippen LogP contribution in [0.4, 0.5) is 0 Å². The molecule has 2 saturated heterocycles. The highest BCUT2D eigenvalue weighted by Crippen LogP contribution is 2.60. The van der Waals surface area contributed by atoms with Crippen molar-refractivity contribution in [1.82, 2.24) is 9.80 Å². The van der Waals surface area contributed by atoms with Crippen LogP contribution in [0.5, 0.6) is 11.5 Å². The number of methoxy groups -OCH3 is 1. The zero-order chi connectivity index (χ0) is 28.4. The zero-order valence-electron chi connectivity index (χ0n) is 23.8. The summed E-state index contributed by atoms with van der Waals surface area (Å²) in [6.45, 7) is 0. The van der Waals surface area contributed by atoms with Crippen LogP contribution in [0.15, 0.2) is 29.8 Å². The predicted molar refractivity (Wildman–Crippen MR) is 150 cm³/mol. The third kappa shape index (κ3) is 3.99. The number of para-hydroxylation sites is 1. The fourth-order valence-electron chi connectivity index (χ4n) is 9.34. The lowest BCUT2D eigenvalue weighted by Gasteiger charge is -2.44. The molecule has 4 amide bonds. The van der Waals surface area contributed by atoms with Crippen molar-refractivity contribution in [3.8, 4) is 11.5 Å². The van der Waals surface area contributed by atoms with Gasteiger partial charge in [-0.15, -0.1) is 0 Å². The Labute approximate surface area is 241 Å². The predicted octanol–water partition coefficient (Wildman–Crippen LogP) is 4.70. The van der Waals surface area contributed by atoms with Crippen molar-refractivity contribution < 1.29 is 29.0 Å². The number of ether oxygens (including phenoxy) is 1. The van der Waals surface area contributed by atoms with Crippen LogP contribution in [-0.2, 0) is 19.2 Å². The second-order valence-corrected chi connectivity index (χ2v) is 13.1. The molecule has 2 aliphatic heterocycles. The molecule has 4 aliphatic carbocycles. The maximum absolute atomic E-state index is 14.2. The van der Waals surface area contributed by atoms with Crippen LogP contribution >= 0.6 is 0 Å². The van der Waals surface area contributed by atoms with E-state index in [1.807, 2.05) is 6.07 Å². The summed E-state index contributed by atoms with van der Waals surface area (Å²) in [7, 11) is 1.49. The van der Waals surface area contributed by atoms with Gasteiger partial charge in [0.15, 0.2) is 11.5 Å². The van der Waals surface area contributed by atoms with E-state index in [4.69, 9.17) is 4.74 Å². The van der Waals surface area contributed by atoms with Crippen molar-refractivity contribution in [3.63, 3.8) is 0 Å². The molecule has 0 spiro atoms. The number of carbonyl (C=O) groups is 4. The first-order valence-electron chi connectivity index (χ1n) is 15.7. The minimum Gasteiger partial charge on any atom is -0.504 e. The number of allylic oxidation sites excluding steroid dienone is 2. The Morgan fingerprint density at radius 1 is 0.732 bits per heavy atom. The molecule has 2 heterocycles. The Hall–Kier alpha value is -3.16. The molecule has 41 heavy (non-hydrogen) atoms. The number of hydrogen-bond donors (Lipinski definition) is 1. The van der Waals surface area contributed by atoms with Crippen LogP contribution in [0.2, 0.25) is 0 Å².